The molecule has 1 aliphatic rings. The van der Waals surface area contributed by atoms with E-state index < -0.39 is 0 Å². The Hall–Kier alpha value is -1.69. The van der Waals surface area contributed by atoms with E-state index >= 15 is 0 Å². The molecule has 5 heteroatoms. The van der Waals surface area contributed by atoms with Crippen molar-refractivity contribution < 1.29 is 5.11 Å². The van der Waals surface area contributed by atoms with Crippen LogP contribution in [0.4, 0.5) is 0 Å². The Balaban J connectivity index is 1.76. The molecule has 0 aliphatic carbocycles. The molecule has 1 atom stereocenters. The van der Waals surface area contributed by atoms with Crippen molar-refractivity contribution in [2.75, 3.05) is 33.3 Å². The Bertz CT molecular complexity index is 625. The number of likely N-dealkylation sites (N-methyl/N-ethyl adjacent to an activating group) is 1. The van der Waals surface area contributed by atoms with Crippen LogP contribution in [0.5, 0.6) is 0 Å². The first-order valence-corrected chi connectivity index (χ1v) is 8.28. The monoisotopic (exact) mass is 314 g/mol. The molecular weight excluding hydrogens is 288 g/mol. The molecule has 0 unspecified atom stereocenters. The third-order valence-electron chi connectivity index (χ3n) is 4.67. The van der Waals surface area contributed by atoms with Gasteiger partial charge in [-0.1, -0.05) is 30.3 Å². The van der Waals surface area contributed by atoms with Crippen molar-refractivity contribution >= 4 is 0 Å². The van der Waals surface area contributed by atoms with Crippen LogP contribution in [0, 0.1) is 0 Å². The van der Waals surface area contributed by atoms with Crippen LogP contribution < -0.4 is 0 Å². The number of piperazine rings is 1. The van der Waals surface area contributed by atoms with Gasteiger partial charge in [-0.05, 0) is 13.5 Å². The predicted octanol–water partition coefficient (Wildman–Crippen LogP) is 1.59. The Morgan fingerprint density at radius 3 is 2.70 bits per heavy atom. The first kappa shape index (κ1) is 16.2. The topological polar surface area (TPSA) is 44.5 Å². The molecule has 124 valence electrons. The molecule has 1 saturated heterocycles. The van der Waals surface area contributed by atoms with Gasteiger partial charge < -0.3 is 10.0 Å². The van der Waals surface area contributed by atoms with E-state index in [9.17, 15) is 5.11 Å². The Kier molecular flexibility index (Phi) is 5.10. The minimum atomic E-state index is 0.255. The molecule has 23 heavy (non-hydrogen) atoms. The summed E-state index contributed by atoms with van der Waals surface area (Å²) in [5.41, 5.74) is 3.51. The van der Waals surface area contributed by atoms with E-state index in [2.05, 4.69) is 52.4 Å². The molecule has 1 N–H and O–H groups in total. The van der Waals surface area contributed by atoms with Crippen LogP contribution in [0.3, 0.4) is 0 Å². The zero-order valence-electron chi connectivity index (χ0n) is 14.0. The summed E-state index contributed by atoms with van der Waals surface area (Å²) >= 11 is 0. The van der Waals surface area contributed by atoms with E-state index in [4.69, 9.17) is 0 Å². The molecule has 5 nitrogen and oxygen atoms in total. The maximum absolute atomic E-state index is 9.25. The average Bonchev–Trinajstić information content (AvgIpc) is 2.92. The zero-order chi connectivity index (χ0) is 16.2. The molecule has 1 aromatic carbocycles. The molecule has 0 radical (unpaired) electrons. The lowest BCUT2D eigenvalue weighted by Crippen LogP contribution is -2.51. The van der Waals surface area contributed by atoms with Crippen molar-refractivity contribution in [2.24, 2.45) is 7.05 Å². The van der Waals surface area contributed by atoms with Crippen molar-refractivity contribution in [1.82, 2.24) is 19.6 Å². The second kappa shape index (κ2) is 7.25. The minimum Gasteiger partial charge on any atom is -0.396 e. The average molecular weight is 314 g/mol. The molecular formula is C18H26N4O. The van der Waals surface area contributed by atoms with Gasteiger partial charge >= 0.3 is 0 Å². The summed E-state index contributed by atoms with van der Waals surface area (Å²) in [6.45, 7) is 4.27. The molecule has 1 fully saturated rings. The predicted molar refractivity (Wildman–Crippen MR) is 92.0 cm³/mol. The highest BCUT2D eigenvalue weighted by Gasteiger charge is 2.25. The first-order valence-electron chi connectivity index (χ1n) is 8.28. The molecule has 2 aromatic rings. The highest BCUT2D eigenvalue weighted by atomic mass is 16.3. The van der Waals surface area contributed by atoms with Gasteiger partial charge in [0.1, 0.15) is 0 Å². The van der Waals surface area contributed by atoms with Crippen molar-refractivity contribution in [3.05, 3.63) is 42.1 Å². The highest BCUT2D eigenvalue weighted by Crippen LogP contribution is 2.24. The summed E-state index contributed by atoms with van der Waals surface area (Å²) in [4.78, 5) is 4.83. The number of aromatic nitrogens is 2. The maximum atomic E-state index is 9.25. The van der Waals surface area contributed by atoms with E-state index in [1.54, 1.807) is 0 Å². The molecule has 1 aromatic heterocycles. The lowest BCUT2D eigenvalue weighted by molar-refractivity contribution is 0.0744. The van der Waals surface area contributed by atoms with Crippen molar-refractivity contribution in [2.45, 2.75) is 19.0 Å². The smallest absolute Gasteiger partial charge is 0.0968 e. The van der Waals surface area contributed by atoms with Gasteiger partial charge in [-0.25, -0.2) is 0 Å². The van der Waals surface area contributed by atoms with Crippen LogP contribution in [0.1, 0.15) is 12.0 Å². The number of benzene rings is 1. The second-order valence-electron chi connectivity index (χ2n) is 6.42. The number of aliphatic hydroxyl groups is 1. The van der Waals surface area contributed by atoms with Crippen LogP contribution in [0.2, 0.25) is 0 Å². The standard InChI is InChI=1S/C18H26N4O/c1-20-9-10-22(14-17(20)8-11-23)13-16-12-21(2)19-18(16)15-6-4-3-5-7-15/h3-7,12,17,23H,8-11,13-14H2,1-2H3/t17-/m1/s1. The lowest BCUT2D eigenvalue weighted by Gasteiger charge is -2.39. The Morgan fingerprint density at radius 2 is 1.96 bits per heavy atom. The van der Waals surface area contributed by atoms with E-state index in [0.717, 1.165) is 38.3 Å². The van der Waals surface area contributed by atoms with E-state index in [0.29, 0.717) is 6.04 Å². The number of hydrogen-bond donors (Lipinski definition) is 1. The SMILES string of the molecule is CN1CCN(Cc2cn(C)nc2-c2ccccc2)C[C@H]1CCO. The van der Waals surface area contributed by atoms with Crippen LogP contribution >= 0.6 is 0 Å². The van der Waals surface area contributed by atoms with Crippen LogP contribution in [0.25, 0.3) is 11.3 Å². The molecule has 0 saturated carbocycles. The van der Waals surface area contributed by atoms with E-state index in [1.807, 2.05) is 17.8 Å². The highest BCUT2D eigenvalue weighted by molar-refractivity contribution is 5.62. The molecule has 0 spiro atoms. The normalized spacial score (nSPS) is 20.0. The van der Waals surface area contributed by atoms with Crippen LogP contribution in [-0.4, -0.2) is 64.0 Å². The number of aliphatic hydroxyl groups excluding tert-OH is 1. The van der Waals surface area contributed by atoms with Gasteiger partial charge in [-0.15, -0.1) is 0 Å². The summed E-state index contributed by atoms with van der Waals surface area (Å²) < 4.78 is 1.90. The van der Waals surface area contributed by atoms with Gasteiger partial charge in [0.2, 0.25) is 0 Å². The minimum absolute atomic E-state index is 0.255. The van der Waals surface area contributed by atoms with Gasteiger partial charge in [0.25, 0.3) is 0 Å². The maximum Gasteiger partial charge on any atom is 0.0968 e. The van der Waals surface area contributed by atoms with Gasteiger partial charge in [0.05, 0.1) is 5.69 Å². The van der Waals surface area contributed by atoms with Gasteiger partial charge in [-0.3, -0.25) is 9.58 Å². The van der Waals surface area contributed by atoms with Crippen molar-refractivity contribution in [1.29, 1.82) is 0 Å². The second-order valence-corrected chi connectivity index (χ2v) is 6.42. The molecule has 3 rings (SSSR count). The summed E-state index contributed by atoms with van der Waals surface area (Å²) in [7, 11) is 4.13. The molecule has 0 amide bonds. The van der Waals surface area contributed by atoms with Crippen molar-refractivity contribution in [3.63, 3.8) is 0 Å². The lowest BCUT2D eigenvalue weighted by atomic mass is 10.1. The van der Waals surface area contributed by atoms with Crippen LogP contribution in [0.15, 0.2) is 36.5 Å². The Morgan fingerprint density at radius 1 is 1.17 bits per heavy atom. The van der Waals surface area contributed by atoms with E-state index in [1.165, 1.54) is 11.1 Å². The molecule has 1 aliphatic heterocycles. The summed E-state index contributed by atoms with van der Waals surface area (Å²) in [6, 6.07) is 10.8. The first-order chi connectivity index (χ1) is 11.2. The Labute approximate surface area is 138 Å². The third kappa shape index (κ3) is 3.80. The number of nitrogens with zero attached hydrogens (tertiary/aromatic N) is 4. The van der Waals surface area contributed by atoms with Crippen molar-refractivity contribution in [3.8, 4) is 11.3 Å². The molecule has 2 heterocycles. The number of hydrogen-bond acceptors (Lipinski definition) is 4. The quantitative estimate of drug-likeness (QED) is 0.910. The fraction of sp³-hybridized carbons (Fsp3) is 0.500. The third-order valence-corrected chi connectivity index (χ3v) is 4.67. The van der Waals surface area contributed by atoms with Gasteiger partial charge in [0.15, 0.2) is 0 Å². The zero-order valence-corrected chi connectivity index (χ0v) is 14.0. The number of aryl methyl sites for hydroxylation is 1. The number of rotatable bonds is 5. The van der Waals surface area contributed by atoms with Crippen LogP contribution in [-0.2, 0) is 13.6 Å². The van der Waals surface area contributed by atoms with Gasteiger partial charge in [-0.2, -0.15) is 5.10 Å². The summed E-state index contributed by atoms with van der Waals surface area (Å²) in [5.74, 6) is 0. The van der Waals surface area contributed by atoms with Gasteiger partial charge in [0, 0.05) is 63.2 Å². The van der Waals surface area contributed by atoms with E-state index in [-0.39, 0.29) is 6.61 Å². The largest absolute Gasteiger partial charge is 0.396 e. The fourth-order valence-corrected chi connectivity index (χ4v) is 3.35. The summed E-state index contributed by atoms with van der Waals surface area (Å²) in [6.07, 6.45) is 2.97. The fourth-order valence-electron chi connectivity index (χ4n) is 3.35. The summed E-state index contributed by atoms with van der Waals surface area (Å²) in [5, 5.41) is 13.9. The molecule has 0 bridgehead atoms.